The smallest absolute Gasteiger partial charge is 0.352 e. The summed E-state index contributed by atoms with van der Waals surface area (Å²) in [7, 11) is 0. The van der Waals surface area contributed by atoms with Crippen molar-refractivity contribution in [3.8, 4) is 0 Å². The van der Waals surface area contributed by atoms with Crippen molar-refractivity contribution in [1.82, 2.24) is 10.2 Å². The number of nitrogens with one attached hydrogen (secondary N) is 1. The number of carbonyl (C=O) groups excluding carboxylic acids is 2. The van der Waals surface area contributed by atoms with E-state index in [1.165, 1.54) is 0 Å². The van der Waals surface area contributed by atoms with E-state index < -0.39 is 5.97 Å². The predicted octanol–water partition coefficient (Wildman–Crippen LogP) is 0.596. The van der Waals surface area contributed by atoms with E-state index in [1.807, 2.05) is 0 Å². The Morgan fingerprint density at radius 2 is 1.94 bits per heavy atom. The second-order valence-corrected chi connectivity index (χ2v) is 5.45. The molecule has 98 valence electrons. The zero-order valence-electron chi connectivity index (χ0n) is 10.00. The SMILES string of the molecule is O=C1OCC(N2CCC3(CCNCC3)C2=O)=C1Cl. The van der Waals surface area contributed by atoms with Gasteiger partial charge in [0.1, 0.15) is 11.6 Å². The first-order valence-corrected chi connectivity index (χ1v) is 6.60. The van der Waals surface area contributed by atoms with Gasteiger partial charge in [-0.25, -0.2) is 4.79 Å². The first kappa shape index (κ1) is 12.0. The van der Waals surface area contributed by atoms with Gasteiger partial charge in [-0.05, 0) is 32.4 Å². The molecule has 2 saturated heterocycles. The Labute approximate surface area is 110 Å². The molecule has 5 nitrogen and oxygen atoms in total. The molecule has 0 unspecified atom stereocenters. The molecule has 0 saturated carbocycles. The maximum atomic E-state index is 12.6. The van der Waals surface area contributed by atoms with Gasteiger partial charge >= 0.3 is 5.97 Å². The summed E-state index contributed by atoms with van der Waals surface area (Å²) in [4.78, 5) is 25.5. The maximum Gasteiger partial charge on any atom is 0.352 e. The van der Waals surface area contributed by atoms with Crippen LogP contribution in [0.3, 0.4) is 0 Å². The number of carbonyl (C=O) groups is 2. The minimum atomic E-state index is -0.522. The van der Waals surface area contributed by atoms with Crippen molar-refractivity contribution in [2.24, 2.45) is 5.41 Å². The minimum absolute atomic E-state index is 0.0642. The van der Waals surface area contributed by atoms with Crippen molar-refractivity contribution in [2.45, 2.75) is 19.3 Å². The fourth-order valence-corrected chi connectivity index (χ4v) is 3.23. The van der Waals surface area contributed by atoms with E-state index in [1.54, 1.807) is 4.90 Å². The van der Waals surface area contributed by atoms with Crippen LogP contribution in [0.2, 0.25) is 0 Å². The quantitative estimate of drug-likeness (QED) is 0.709. The Morgan fingerprint density at radius 1 is 1.22 bits per heavy atom. The van der Waals surface area contributed by atoms with Crippen LogP contribution in [0.1, 0.15) is 19.3 Å². The van der Waals surface area contributed by atoms with Crippen LogP contribution in [0, 0.1) is 5.41 Å². The van der Waals surface area contributed by atoms with Crippen molar-refractivity contribution in [1.29, 1.82) is 0 Å². The molecule has 0 aromatic rings. The third-order valence-corrected chi connectivity index (χ3v) is 4.54. The summed E-state index contributed by atoms with van der Waals surface area (Å²) in [5.74, 6) is -0.416. The van der Waals surface area contributed by atoms with Gasteiger partial charge in [0.05, 0.1) is 11.1 Å². The average Bonchev–Trinajstić information content (AvgIpc) is 2.86. The van der Waals surface area contributed by atoms with Crippen molar-refractivity contribution in [3.63, 3.8) is 0 Å². The molecule has 1 spiro atoms. The Kier molecular flexibility index (Phi) is 2.83. The number of ether oxygens (including phenoxy) is 1. The first-order chi connectivity index (χ1) is 8.64. The topological polar surface area (TPSA) is 58.6 Å². The summed E-state index contributed by atoms with van der Waals surface area (Å²) in [6.45, 7) is 2.52. The summed E-state index contributed by atoms with van der Waals surface area (Å²) in [6.07, 6.45) is 2.57. The number of amides is 1. The van der Waals surface area contributed by atoms with Gasteiger partial charge in [0.2, 0.25) is 5.91 Å². The molecule has 1 N–H and O–H groups in total. The molecular weight excluding hydrogens is 256 g/mol. The monoisotopic (exact) mass is 270 g/mol. The summed E-state index contributed by atoms with van der Waals surface area (Å²) in [6, 6.07) is 0. The number of hydrogen-bond acceptors (Lipinski definition) is 4. The van der Waals surface area contributed by atoms with E-state index in [9.17, 15) is 9.59 Å². The Balaban J connectivity index is 1.85. The predicted molar refractivity (Wildman–Crippen MR) is 64.7 cm³/mol. The van der Waals surface area contributed by atoms with Crippen LogP contribution in [0.25, 0.3) is 0 Å². The fourth-order valence-electron chi connectivity index (χ4n) is 3.02. The lowest BCUT2D eigenvalue weighted by molar-refractivity contribution is -0.137. The van der Waals surface area contributed by atoms with Crippen LogP contribution in [-0.4, -0.2) is 43.0 Å². The lowest BCUT2D eigenvalue weighted by atomic mass is 9.78. The van der Waals surface area contributed by atoms with Gasteiger partial charge in [-0.3, -0.25) is 4.79 Å². The lowest BCUT2D eigenvalue weighted by Gasteiger charge is -2.32. The molecule has 3 heterocycles. The average molecular weight is 271 g/mol. The van der Waals surface area contributed by atoms with E-state index in [0.717, 1.165) is 32.4 Å². The highest BCUT2D eigenvalue weighted by atomic mass is 35.5. The molecule has 0 atom stereocenters. The van der Waals surface area contributed by atoms with Crippen LogP contribution in [0.4, 0.5) is 0 Å². The number of cyclic esters (lactones) is 1. The van der Waals surface area contributed by atoms with Crippen LogP contribution >= 0.6 is 11.6 Å². The molecule has 0 aliphatic carbocycles. The van der Waals surface area contributed by atoms with Crippen molar-refractivity contribution in [3.05, 3.63) is 10.7 Å². The van der Waals surface area contributed by atoms with Gasteiger partial charge in [0.15, 0.2) is 0 Å². The van der Waals surface area contributed by atoms with Crippen LogP contribution < -0.4 is 5.32 Å². The molecule has 18 heavy (non-hydrogen) atoms. The zero-order valence-corrected chi connectivity index (χ0v) is 10.8. The van der Waals surface area contributed by atoms with E-state index in [2.05, 4.69) is 5.32 Å². The van der Waals surface area contributed by atoms with Gasteiger partial charge in [0, 0.05) is 6.54 Å². The Hall–Kier alpha value is -1.07. The largest absolute Gasteiger partial charge is 0.455 e. The molecule has 2 fully saturated rings. The molecule has 3 aliphatic rings. The number of likely N-dealkylation sites (tertiary alicyclic amines) is 1. The van der Waals surface area contributed by atoms with Crippen molar-refractivity contribution in [2.75, 3.05) is 26.2 Å². The van der Waals surface area contributed by atoms with Crippen LogP contribution in [0.15, 0.2) is 10.7 Å². The van der Waals surface area contributed by atoms with Crippen LogP contribution in [0.5, 0.6) is 0 Å². The molecule has 0 aromatic heterocycles. The number of halogens is 1. The molecule has 0 bridgehead atoms. The number of rotatable bonds is 1. The molecule has 6 heteroatoms. The summed E-state index contributed by atoms with van der Waals surface area (Å²) >= 11 is 5.90. The number of nitrogens with zero attached hydrogens (tertiary/aromatic N) is 1. The van der Waals surface area contributed by atoms with Crippen molar-refractivity contribution >= 4 is 23.5 Å². The minimum Gasteiger partial charge on any atom is -0.455 e. The van der Waals surface area contributed by atoms with Gasteiger partial charge in [-0.1, -0.05) is 11.6 Å². The highest BCUT2D eigenvalue weighted by Crippen LogP contribution is 2.42. The van der Waals surface area contributed by atoms with Gasteiger partial charge in [0.25, 0.3) is 0 Å². The van der Waals surface area contributed by atoms with E-state index in [-0.39, 0.29) is 23.0 Å². The zero-order chi connectivity index (χ0) is 12.8. The van der Waals surface area contributed by atoms with E-state index in [0.29, 0.717) is 12.2 Å². The molecule has 3 aliphatic heterocycles. The Bertz CT molecular complexity index is 441. The third-order valence-electron chi connectivity index (χ3n) is 4.17. The summed E-state index contributed by atoms with van der Waals surface area (Å²) in [5.41, 5.74) is 0.295. The lowest BCUT2D eigenvalue weighted by Crippen LogP contribution is -2.42. The van der Waals surface area contributed by atoms with Crippen molar-refractivity contribution < 1.29 is 14.3 Å². The number of piperidine rings is 1. The van der Waals surface area contributed by atoms with Gasteiger partial charge in [-0.2, -0.15) is 0 Å². The number of esters is 1. The van der Waals surface area contributed by atoms with E-state index in [4.69, 9.17) is 16.3 Å². The van der Waals surface area contributed by atoms with Gasteiger partial charge < -0.3 is 15.0 Å². The standard InChI is InChI=1S/C12H15ClN2O3/c13-9-8(7-18-10(9)16)15-6-3-12(11(15)17)1-4-14-5-2-12/h14H,1-7H2. The number of hydrogen-bond donors (Lipinski definition) is 1. The summed E-state index contributed by atoms with van der Waals surface area (Å²) < 4.78 is 4.86. The molecular formula is C12H15ClN2O3. The molecule has 0 aromatic carbocycles. The summed E-state index contributed by atoms with van der Waals surface area (Å²) in [5, 5.41) is 3.33. The normalized spacial score (nSPS) is 27.3. The first-order valence-electron chi connectivity index (χ1n) is 6.22. The fraction of sp³-hybridized carbons (Fsp3) is 0.667. The van der Waals surface area contributed by atoms with Crippen LogP contribution in [-0.2, 0) is 14.3 Å². The molecule has 0 radical (unpaired) electrons. The second-order valence-electron chi connectivity index (χ2n) is 5.07. The second kappa shape index (κ2) is 4.24. The highest BCUT2D eigenvalue weighted by Gasteiger charge is 2.49. The maximum absolute atomic E-state index is 12.6. The molecule has 1 amide bonds. The molecule has 3 rings (SSSR count). The third kappa shape index (κ3) is 1.65. The Morgan fingerprint density at radius 3 is 2.56 bits per heavy atom. The van der Waals surface area contributed by atoms with Gasteiger partial charge in [-0.15, -0.1) is 0 Å². The van der Waals surface area contributed by atoms with E-state index >= 15 is 0 Å². The highest BCUT2D eigenvalue weighted by molar-refractivity contribution is 6.42.